The van der Waals surface area contributed by atoms with Crippen molar-refractivity contribution in [2.45, 2.75) is 40.5 Å². The van der Waals surface area contributed by atoms with E-state index < -0.39 is 24.0 Å². The van der Waals surface area contributed by atoms with E-state index in [9.17, 15) is 18.0 Å². The number of hydrogen-bond donors (Lipinski definition) is 0. The molecule has 2 nitrogen and oxygen atoms in total. The predicted octanol–water partition coefficient (Wildman–Crippen LogP) is 4.59. The van der Waals surface area contributed by atoms with E-state index in [-0.39, 0.29) is 6.61 Å². The summed E-state index contributed by atoms with van der Waals surface area (Å²) in [5.41, 5.74) is 0.663. The molecule has 0 fully saturated rings. The maximum absolute atomic E-state index is 12.6. The third kappa shape index (κ3) is 6.08. The van der Waals surface area contributed by atoms with Crippen LogP contribution in [0.1, 0.15) is 33.3 Å². The molecule has 0 bridgehead atoms. The third-order valence-electron chi connectivity index (χ3n) is 2.50. The van der Waals surface area contributed by atoms with E-state index >= 15 is 0 Å². The Labute approximate surface area is 117 Å². The first-order valence-electron chi connectivity index (χ1n) is 6.59. The largest absolute Gasteiger partial charge is 0.460 e. The summed E-state index contributed by atoms with van der Waals surface area (Å²) in [6.07, 6.45) is -4.57. The van der Waals surface area contributed by atoms with Crippen LogP contribution in [0.15, 0.2) is 30.3 Å². The highest BCUT2D eigenvalue weighted by atomic mass is 19.4. The predicted molar refractivity (Wildman–Crippen MR) is 72.0 cm³/mol. The molecule has 0 aliphatic carbocycles. The number of alkyl halides is 3. The first kappa shape index (κ1) is 18.5. The molecule has 0 aromatic heterocycles. The smallest absolute Gasteiger partial charge is 0.402 e. The molecule has 0 heterocycles. The zero-order valence-corrected chi connectivity index (χ0v) is 12.2. The molecule has 1 rings (SSSR count). The lowest BCUT2D eigenvalue weighted by Gasteiger charge is -2.21. The monoisotopic (exact) mass is 290 g/mol. The van der Waals surface area contributed by atoms with Gasteiger partial charge < -0.3 is 4.74 Å². The topological polar surface area (TPSA) is 26.3 Å². The minimum absolute atomic E-state index is 0.140. The van der Waals surface area contributed by atoms with E-state index in [1.807, 2.05) is 13.8 Å². The molecule has 0 aliphatic rings. The van der Waals surface area contributed by atoms with Crippen LogP contribution in [0.4, 0.5) is 13.2 Å². The number of rotatable bonds is 4. The molecule has 1 aromatic carbocycles. The summed E-state index contributed by atoms with van der Waals surface area (Å²) in [5, 5.41) is 0. The van der Waals surface area contributed by atoms with E-state index in [0.29, 0.717) is 5.56 Å². The van der Waals surface area contributed by atoms with E-state index in [1.54, 1.807) is 30.3 Å². The summed E-state index contributed by atoms with van der Waals surface area (Å²) >= 11 is 0. The first-order valence-corrected chi connectivity index (χ1v) is 6.59. The molecule has 1 unspecified atom stereocenters. The molecule has 0 radical (unpaired) electrons. The van der Waals surface area contributed by atoms with Crippen molar-refractivity contribution in [1.82, 2.24) is 0 Å². The second kappa shape index (κ2) is 8.61. The number of benzene rings is 1. The second-order valence-corrected chi connectivity index (χ2v) is 4.36. The molecule has 20 heavy (non-hydrogen) atoms. The fourth-order valence-corrected chi connectivity index (χ4v) is 1.60. The zero-order chi connectivity index (χ0) is 15.8. The van der Waals surface area contributed by atoms with Crippen LogP contribution in [0.2, 0.25) is 0 Å². The van der Waals surface area contributed by atoms with Crippen LogP contribution < -0.4 is 0 Å². The minimum atomic E-state index is -4.57. The molecular formula is C15H21F3O2. The Morgan fingerprint density at radius 3 is 2.05 bits per heavy atom. The molecule has 0 aliphatic heterocycles. The van der Waals surface area contributed by atoms with Crippen molar-refractivity contribution < 1.29 is 22.7 Å². The third-order valence-corrected chi connectivity index (χ3v) is 2.50. The van der Waals surface area contributed by atoms with Gasteiger partial charge in [0.2, 0.25) is 0 Å². The summed E-state index contributed by atoms with van der Waals surface area (Å²) < 4.78 is 42.7. The van der Waals surface area contributed by atoms with Crippen LogP contribution in [0.5, 0.6) is 0 Å². The highest BCUT2D eigenvalue weighted by Crippen LogP contribution is 2.33. The van der Waals surface area contributed by atoms with Crippen molar-refractivity contribution in [3.05, 3.63) is 35.9 Å². The quantitative estimate of drug-likeness (QED) is 0.758. The summed E-state index contributed by atoms with van der Waals surface area (Å²) in [7, 11) is 0. The van der Waals surface area contributed by atoms with Crippen molar-refractivity contribution >= 4 is 5.97 Å². The van der Waals surface area contributed by atoms with Crippen LogP contribution >= 0.6 is 0 Å². The van der Waals surface area contributed by atoms with Crippen LogP contribution in [0.25, 0.3) is 0 Å². The van der Waals surface area contributed by atoms with E-state index in [2.05, 4.69) is 0 Å². The fourth-order valence-electron chi connectivity index (χ4n) is 1.60. The molecule has 114 valence electrons. The van der Waals surface area contributed by atoms with E-state index in [0.717, 1.165) is 0 Å². The lowest BCUT2D eigenvalue weighted by molar-refractivity contribution is -0.206. The van der Waals surface area contributed by atoms with Crippen molar-refractivity contribution in [2.75, 3.05) is 0 Å². The Morgan fingerprint density at radius 2 is 1.65 bits per heavy atom. The zero-order valence-electron chi connectivity index (χ0n) is 12.2. The standard InChI is InChI=1S/C13H15F3O2.C2H6/c1-9(2)11(13(14,15)16)12(17)18-8-10-6-4-3-5-7-10;1-2/h3-7,9,11H,8H2,1-2H3;1-2H3. The molecule has 0 saturated heterocycles. The van der Waals surface area contributed by atoms with Gasteiger partial charge in [-0.05, 0) is 11.5 Å². The average Bonchev–Trinajstić information content (AvgIpc) is 2.38. The summed E-state index contributed by atoms with van der Waals surface area (Å²) in [4.78, 5) is 11.5. The Hall–Kier alpha value is -1.52. The van der Waals surface area contributed by atoms with E-state index in [1.165, 1.54) is 13.8 Å². The summed E-state index contributed by atoms with van der Waals surface area (Å²) in [5.74, 6) is -4.13. The SMILES string of the molecule is CC.CC(C)C(C(=O)OCc1ccccc1)C(F)(F)F. The normalized spacial score (nSPS) is 12.4. The lowest BCUT2D eigenvalue weighted by Crippen LogP contribution is -2.36. The summed E-state index contributed by atoms with van der Waals surface area (Å²) in [6, 6.07) is 8.61. The maximum atomic E-state index is 12.6. The maximum Gasteiger partial charge on any atom is 0.402 e. The van der Waals surface area contributed by atoms with Gasteiger partial charge in [-0.15, -0.1) is 0 Å². The first-order chi connectivity index (χ1) is 9.32. The molecule has 0 amide bonds. The Kier molecular flexibility index (Phi) is 7.96. The summed E-state index contributed by atoms with van der Waals surface area (Å²) in [6.45, 7) is 6.56. The lowest BCUT2D eigenvalue weighted by atomic mass is 9.95. The van der Waals surface area contributed by atoms with Gasteiger partial charge in [-0.1, -0.05) is 58.0 Å². The van der Waals surface area contributed by atoms with Gasteiger partial charge in [-0.2, -0.15) is 13.2 Å². The number of hydrogen-bond acceptors (Lipinski definition) is 2. The van der Waals surface area contributed by atoms with Crippen LogP contribution in [-0.2, 0) is 16.1 Å². The molecule has 0 N–H and O–H groups in total. The van der Waals surface area contributed by atoms with Crippen molar-refractivity contribution in [2.24, 2.45) is 11.8 Å². The number of halogens is 3. The molecule has 0 saturated carbocycles. The number of esters is 1. The van der Waals surface area contributed by atoms with Gasteiger partial charge in [0.15, 0.2) is 5.92 Å². The van der Waals surface area contributed by atoms with Crippen molar-refractivity contribution in [3.63, 3.8) is 0 Å². The van der Waals surface area contributed by atoms with Gasteiger partial charge in [-0.3, -0.25) is 4.79 Å². The van der Waals surface area contributed by atoms with Gasteiger partial charge in [0, 0.05) is 0 Å². The molecule has 1 aromatic rings. The van der Waals surface area contributed by atoms with E-state index in [4.69, 9.17) is 4.74 Å². The Balaban J connectivity index is 0.00000172. The number of carbonyl (C=O) groups excluding carboxylic acids is 1. The van der Waals surface area contributed by atoms with Crippen LogP contribution in [0.3, 0.4) is 0 Å². The Bertz CT molecular complexity index is 386. The minimum Gasteiger partial charge on any atom is -0.460 e. The van der Waals surface area contributed by atoms with Gasteiger partial charge in [0.1, 0.15) is 6.61 Å². The molecule has 5 heteroatoms. The fraction of sp³-hybridized carbons (Fsp3) is 0.533. The molecule has 0 spiro atoms. The molecular weight excluding hydrogens is 269 g/mol. The average molecular weight is 290 g/mol. The van der Waals surface area contributed by atoms with Crippen molar-refractivity contribution in [1.29, 1.82) is 0 Å². The van der Waals surface area contributed by atoms with Crippen LogP contribution in [-0.4, -0.2) is 12.1 Å². The number of carbonyl (C=O) groups is 1. The van der Waals surface area contributed by atoms with Crippen LogP contribution in [0, 0.1) is 11.8 Å². The van der Waals surface area contributed by atoms with Gasteiger partial charge >= 0.3 is 12.1 Å². The Morgan fingerprint density at radius 1 is 1.15 bits per heavy atom. The van der Waals surface area contributed by atoms with Gasteiger partial charge in [0.25, 0.3) is 0 Å². The second-order valence-electron chi connectivity index (χ2n) is 4.36. The molecule has 1 atom stereocenters. The van der Waals surface area contributed by atoms with Crippen molar-refractivity contribution in [3.8, 4) is 0 Å². The highest BCUT2D eigenvalue weighted by Gasteiger charge is 2.47. The number of ether oxygens (including phenoxy) is 1. The van der Waals surface area contributed by atoms with Gasteiger partial charge in [0.05, 0.1) is 0 Å². The van der Waals surface area contributed by atoms with Gasteiger partial charge in [-0.25, -0.2) is 0 Å². The highest BCUT2D eigenvalue weighted by molar-refractivity contribution is 5.73.